The van der Waals surface area contributed by atoms with Crippen LogP contribution in [0.1, 0.15) is 24.4 Å². The Morgan fingerprint density at radius 3 is 2.48 bits per heavy atom. The van der Waals surface area contributed by atoms with E-state index in [1.165, 1.54) is 18.2 Å². The number of ether oxygens (including phenoxy) is 1. The predicted molar refractivity (Wildman–Crippen MR) is 75.5 cm³/mol. The van der Waals surface area contributed by atoms with Gasteiger partial charge < -0.3 is 10.1 Å². The monoisotopic (exact) mass is 338 g/mol. The molecule has 23 heavy (non-hydrogen) atoms. The largest absolute Gasteiger partial charge is 0.435 e. The lowest BCUT2D eigenvalue weighted by molar-refractivity contribution is -0.138. The van der Waals surface area contributed by atoms with E-state index in [4.69, 9.17) is 0 Å². The minimum atomic E-state index is -4.25. The average molecular weight is 338 g/mol. The van der Waals surface area contributed by atoms with E-state index < -0.39 is 25.3 Å². The molecule has 0 aliphatic carbocycles. The van der Waals surface area contributed by atoms with Gasteiger partial charge in [0.1, 0.15) is 5.75 Å². The Hall–Kier alpha value is -1.41. The summed E-state index contributed by atoms with van der Waals surface area (Å²) in [6, 6.07) is 5.47. The average Bonchev–Trinajstić information content (AvgIpc) is 2.47. The first-order valence-corrected chi connectivity index (χ1v) is 7.41. The van der Waals surface area contributed by atoms with Gasteiger partial charge in [0.25, 0.3) is 0 Å². The van der Waals surface area contributed by atoms with Crippen molar-refractivity contribution in [2.75, 3.05) is 26.2 Å². The molecule has 1 heterocycles. The minimum Gasteiger partial charge on any atom is -0.435 e. The van der Waals surface area contributed by atoms with Crippen molar-refractivity contribution < 1.29 is 26.7 Å². The van der Waals surface area contributed by atoms with E-state index >= 15 is 0 Å². The fourth-order valence-corrected chi connectivity index (χ4v) is 2.75. The number of nitrogens with one attached hydrogen (secondary N) is 1. The molecule has 0 saturated carbocycles. The van der Waals surface area contributed by atoms with Crippen LogP contribution in [0.5, 0.6) is 5.75 Å². The number of hydrogen-bond donors (Lipinski definition) is 1. The van der Waals surface area contributed by atoms with Crippen LogP contribution in [0.2, 0.25) is 0 Å². The predicted octanol–water partition coefficient (Wildman–Crippen LogP) is 3.58. The fourth-order valence-electron chi connectivity index (χ4n) is 2.75. The van der Waals surface area contributed by atoms with Crippen LogP contribution in [0.15, 0.2) is 24.3 Å². The lowest BCUT2D eigenvalue weighted by atomic mass is 9.99. The summed E-state index contributed by atoms with van der Waals surface area (Å²) in [6.45, 7) is -0.353. The molecule has 130 valence electrons. The molecule has 1 N–H and O–H groups in total. The molecular weight excluding hydrogens is 319 g/mol. The first kappa shape index (κ1) is 17.9. The Morgan fingerprint density at radius 1 is 1.17 bits per heavy atom. The zero-order valence-electron chi connectivity index (χ0n) is 12.5. The van der Waals surface area contributed by atoms with Gasteiger partial charge in [0.05, 0.1) is 0 Å². The molecule has 1 atom stereocenters. The summed E-state index contributed by atoms with van der Waals surface area (Å²) in [5.41, 5.74) is 0.564. The van der Waals surface area contributed by atoms with Gasteiger partial charge in [-0.2, -0.15) is 22.0 Å². The highest BCUT2D eigenvalue weighted by molar-refractivity contribution is 5.31. The molecule has 0 bridgehead atoms. The van der Waals surface area contributed by atoms with E-state index in [1.807, 2.05) is 4.90 Å². The summed E-state index contributed by atoms with van der Waals surface area (Å²) in [4.78, 5) is 1.95. The maximum absolute atomic E-state index is 12.6. The molecule has 1 fully saturated rings. The second-order valence-electron chi connectivity index (χ2n) is 5.41. The molecule has 3 nitrogen and oxygen atoms in total. The highest BCUT2D eigenvalue weighted by Crippen LogP contribution is 2.33. The van der Waals surface area contributed by atoms with Gasteiger partial charge in [-0.3, -0.25) is 4.90 Å². The number of hydrogen-bond acceptors (Lipinski definition) is 3. The smallest absolute Gasteiger partial charge is 0.389 e. The van der Waals surface area contributed by atoms with Gasteiger partial charge in [0, 0.05) is 38.6 Å². The van der Waals surface area contributed by atoms with Crippen LogP contribution in [0, 0.1) is 0 Å². The Morgan fingerprint density at radius 2 is 1.87 bits per heavy atom. The Labute approximate surface area is 131 Å². The van der Waals surface area contributed by atoms with Crippen molar-refractivity contribution in [3.63, 3.8) is 0 Å². The lowest BCUT2D eigenvalue weighted by Crippen LogP contribution is -2.45. The van der Waals surface area contributed by atoms with E-state index in [-0.39, 0.29) is 12.2 Å². The van der Waals surface area contributed by atoms with Crippen molar-refractivity contribution >= 4 is 0 Å². The summed E-state index contributed by atoms with van der Waals surface area (Å²) in [7, 11) is 0. The first-order chi connectivity index (χ1) is 10.8. The third-order valence-corrected chi connectivity index (χ3v) is 3.76. The van der Waals surface area contributed by atoms with E-state index in [2.05, 4.69) is 10.1 Å². The van der Waals surface area contributed by atoms with Crippen molar-refractivity contribution in [1.82, 2.24) is 10.2 Å². The van der Waals surface area contributed by atoms with Crippen molar-refractivity contribution in [3.8, 4) is 5.75 Å². The minimum absolute atomic E-state index is 0.0374. The molecule has 0 amide bonds. The van der Waals surface area contributed by atoms with Crippen molar-refractivity contribution in [1.29, 1.82) is 0 Å². The zero-order chi connectivity index (χ0) is 16.9. The van der Waals surface area contributed by atoms with Crippen molar-refractivity contribution in [2.45, 2.75) is 31.7 Å². The Kier molecular flexibility index (Phi) is 6.17. The van der Waals surface area contributed by atoms with E-state index in [0.29, 0.717) is 31.7 Å². The summed E-state index contributed by atoms with van der Waals surface area (Å²) in [5, 5.41) is 3.14. The third-order valence-electron chi connectivity index (χ3n) is 3.76. The van der Waals surface area contributed by atoms with Crippen LogP contribution in [0.4, 0.5) is 22.0 Å². The zero-order valence-corrected chi connectivity index (χ0v) is 12.5. The number of alkyl halides is 5. The molecular formula is C15H19F5N2O. The molecule has 0 spiro atoms. The third kappa shape index (κ3) is 5.95. The van der Waals surface area contributed by atoms with Gasteiger partial charge in [-0.25, -0.2) is 0 Å². The molecule has 0 unspecified atom stereocenters. The van der Waals surface area contributed by atoms with Crippen LogP contribution in [-0.4, -0.2) is 43.9 Å². The number of piperazine rings is 1. The molecule has 1 saturated heterocycles. The highest BCUT2D eigenvalue weighted by Gasteiger charge is 2.31. The molecule has 0 radical (unpaired) electrons. The highest BCUT2D eigenvalue weighted by atomic mass is 19.4. The number of benzene rings is 1. The number of nitrogens with zero attached hydrogens (tertiary/aromatic N) is 1. The van der Waals surface area contributed by atoms with Gasteiger partial charge in [0.2, 0.25) is 0 Å². The van der Waals surface area contributed by atoms with Gasteiger partial charge in [-0.1, -0.05) is 12.1 Å². The number of halogens is 5. The second-order valence-corrected chi connectivity index (χ2v) is 5.41. The van der Waals surface area contributed by atoms with E-state index in [0.717, 1.165) is 0 Å². The fraction of sp³-hybridized carbons (Fsp3) is 0.600. The van der Waals surface area contributed by atoms with Crippen LogP contribution < -0.4 is 10.1 Å². The molecule has 1 aromatic rings. The molecule has 1 aromatic carbocycles. The Balaban J connectivity index is 2.17. The van der Waals surface area contributed by atoms with Crippen LogP contribution in [0.3, 0.4) is 0 Å². The van der Waals surface area contributed by atoms with Gasteiger partial charge in [-0.15, -0.1) is 0 Å². The summed E-state index contributed by atoms with van der Waals surface area (Å²) in [6.07, 6.45) is -5.27. The van der Waals surface area contributed by atoms with Crippen LogP contribution in [0.25, 0.3) is 0 Å². The standard InChI is InChI=1S/C15H19F5N2O/c16-14(17)23-12-3-1-2-11(10-12)13(4-5-15(18,19)20)22-8-6-21-7-9-22/h1-3,10,13-14,21H,4-9H2/t13-/m1/s1. The molecule has 1 aliphatic rings. The van der Waals surface area contributed by atoms with Gasteiger partial charge in [0.15, 0.2) is 0 Å². The van der Waals surface area contributed by atoms with Crippen LogP contribution in [-0.2, 0) is 0 Å². The van der Waals surface area contributed by atoms with Crippen molar-refractivity contribution in [2.24, 2.45) is 0 Å². The molecule has 2 rings (SSSR count). The van der Waals surface area contributed by atoms with Gasteiger partial charge >= 0.3 is 12.8 Å². The second kappa shape index (κ2) is 7.92. The number of rotatable bonds is 6. The van der Waals surface area contributed by atoms with E-state index in [9.17, 15) is 22.0 Å². The molecule has 8 heteroatoms. The normalized spacial score (nSPS) is 18.2. The van der Waals surface area contributed by atoms with Crippen LogP contribution >= 0.6 is 0 Å². The Bertz CT molecular complexity index is 489. The SMILES string of the molecule is FC(F)Oc1cccc([C@@H](CCC(F)(F)F)N2CCNCC2)c1. The van der Waals surface area contributed by atoms with E-state index in [1.54, 1.807) is 6.07 Å². The summed E-state index contributed by atoms with van der Waals surface area (Å²) < 4.78 is 66.8. The summed E-state index contributed by atoms with van der Waals surface area (Å²) >= 11 is 0. The first-order valence-electron chi connectivity index (χ1n) is 7.41. The molecule has 1 aliphatic heterocycles. The quantitative estimate of drug-likeness (QED) is 0.803. The lowest BCUT2D eigenvalue weighted by Gasteiger charge is -2.35. The van der Waals surface area contributed by atoms with Crippen molar-refractivity contribution in [3.05, 3.63) is 29.8 Å². The topological polar surface area (TPSA) is 24.5 Å². The molecule has 0 aromatic heterocycles. The maximum Gasteiger partial charge on any atom is 0.389 e. The van der Waals surface area contributed by atoms with Gasteiger partial charge in [-0.05, 0) is 24.1 Å². The maximum atomic E-state index is 12.6. The summed E-state index contributed by atoms with van der Waals surface area (Å²) in [5.74, 6) is -0.0374.